The summed E-state index contributed by atoms with van der Waals surface area (Å²) in [6, 6.07) is 0. The third kappa shape index (κ3) is 3.48. The van der Waals surface area contributed by atoms with Crippen molar-refractivity contribution in [3.8, 4) is 0 Å². The predicted octanol–water partition coefficient (Wildman–Crippen LogP) is 1.78. The summed E-state index contributed by atoms with van der Waals surface area (Å²) < 4.78 is 5.23. The fraction of sp³-hybridized carbons (Fsp3) is 0.933. The Balaban J connectivity index is 1.98. The van der Waals surface area contributed by atoms with Gasteiger partial charge in [-0.05, 0) is 38.5 Å². The van der Waals surface area contributed by atoms with Crippen LogP contribution in [0.5, 0.6) is 0 Å². The van der Waals surface area contributed by atoms with E-state index in [1.165, 1.54) is 6.42 Å². The van der Waals surface area contributed by atoms with Gasteiger partial charge in [0.25, 0.3) is 0 Å². The molecule has 2 rings (SSSR count). The lowest BCUT2D eigenvalue weighted by Gasteiger charge is -2.42. The molecule has 1 saturated heterocycles. The molecule has 2 fully saturated rings. The van der Waals surface area contributed by atoms with Gasteiger partial charge < -0.3 is 15.4 Å². The van der Waals surface area contributed by atoms with E-state index in [1.54, 1.807) is 7.11 Å². The molecule has 2 aliphatic rings. The van der Waals surface area contributed by atoms with Crippen LogP contribution < -0.4 is 5.73 Å². The van der Waals surface area contributed by atoms with Gasteiger partial charge in [-0.2, -0.15) is 0 Å². The van der Waals surface area contributed by atoms with E-state index in [0.717, 1.165) is 51.8 Å². The molecule has 19 heavy (non-hydrogen) atoms. The van der Waals surface area contributed by atoms with Crippen molar-refractivity contribution >= 4 is 5.91 Å². The zero-order chi connectivity index (χ0) is 13.9. The maximum atomic E-state index is 12.7. The van der Waals surface area contributed by atoms with E-state index in [1.807, 2.05) is 11.8 Å². The maximum absolute atomic E-state index is 12.7. The highest BCUT2D eigenvalue weighted by molar-refractivity contribution is 5.80. The topological polar surface area (TPSA) is 55.6 Å². The van der Waals surface area contributed by atoms with Gasteiger partial charge in [0.15, 0.2) is 0 Å². The van der Waals surface area contributed by atoms with Crippen LogP contribution in [-0.4, -0.2) is 43.2 Å². The minimum atomic E-state index is -0.316. The van der Waals surface area contributed by atoms with E-state index in [9.17, 15) is 4.79 Å². The molecule has 0 spiro atoms. The molecule has 2 N–H and O–H groups in total. The van der Waals surface area contributed by atoms with Gasteiger partial charge in [-0.3, -0.25) is 4.79 Å². The molecule has 0 aromatic rings. The van der Waals surface area contributed by atoms with Crippen LogP contribution in [-0.2, 0) is 9.53 Å². The lowest BCUT2D eigenvalue weighted by Crippen LogP contribution is -2.55. The minimum absolute atomic E-state index is 0.0162. The second-order valence-electron chi connectivity index (χ2n) is 6.55. The first kappa shape index (κ1) is 14.8. The van der Waals surface area contributed by atoms with Gasteiger partial charge in [-0.15, -0.1) is 0 Å². The van der Waals surface area contributed by atoms with Crippen LogP contribution in [0.1, 0.15) is 45.4 Å². The van der Waals surface area contributed by atoms with Crippen LogP contribution in [0.2, 0.25) is 0 Å². The number of piperidine rings is 1. The van der Waals surface area contributed by atoms with E-state index in [0.29, 0.717) is 5.92 Å². The largest absolute Gasteiger partial charge is 0.384 e. The Bertz CT molecular complexity index is 315. The smallest absolute Gasteiger partial charge is 0.227 e. The van der Waals surface area contributed by atoms with Gasteiger partial charge in [-0.25, -0.2) is 0 Å². The summed E-state index contributed by atoms with van der Waals surface area (Å²) in [5.74, 6) is 0.795. The molecule has 0 aromatic heterocycles. The van der Waals surface area contributed by atoms with Crippen molar-refractivity contribution in [2.75, 3.05) is 26.8 Å². The molecular formula is C15H28N2O2. The number of carbonyl (C=O) groups is 1. The number of nitrogens with zero attached hydrogens (tertiary/aromatic N) is 1. The summed E-state index contributed by atoms with van der Waals surface area (Å²) in [5.41, 5.74) is 6.03. The second-order valence-corrected chi connectivity index (χ2v) is 6.55. The minimum Gasteiger partial charge on any atom is -0.384 e. The summed E-state index contributed by atoms with van der Waals surface area (Å²) in [4.78, 5) is 14.8. The summed E-state index contributed by atoms with van der Waals surface area (Å²) in [7, 11) is 1.73. The van der Waals surface area contributed by atoms with Crippen LogP contribution in [0.4, 0.5) is 0 Å². The molecule has 1 aliphatic heterocycles. The fourth-order valence-corrected chi connectivity index (χ4v) is 3.62. The van der Waals surface area contributed by atoms with Crippen LogP contribution in [0, 0.1) is 11.8 Å². The molecule has 1 amide bonds. The van der Waals surface area contributed by atoms with Gasteiger partial charge in [-0.1, -0.05) is 12.8 Å². The van der Waals surface area contributed by atoms with Crippen molar-refractivity contribution in [1.82, 2.24) is 4.90 Å². The molecule has 110 valence electrons. The van der Waals surface area contributed by atoms with Crippen molar-refractivity contribution in [2.45, 2.75) is 51.0 Å². The van der Waals surface area contributed by atoms with Crippen LogP contribution in [0.15, 0.2) is 0 Å². The number of carbonyl (C=O) groups excluding carboxylic acids is 1. The molecule has 4 heteroatoms. The molecule has 4 nitrogen and oxygen atoms in total. The second kappa shape index (κ2) is 6.23. The van der Waals surface area contributed by atoms with Crippen LogP contribution in [0.25, 0.3) is 0 Å². The molecular weight excluding hydrogens is 240 g/mol. The first-order valence-corrected chi connectivity index (χ1v) is 7.61. The van der Waals surface area contributed by atoms with Gasteiger partial charge >= 0.3 is 0 Å². The number of ether oxygens (including phenoxy) is 1. The van der Waals surface area contributed by atoms with E-state index in [-0.39, 0.29) is 17.4 Å². The fourth-order valence-electron chi connectivity index (χ4n) is 3.62. The predicted molar refractivity (Wildman–Crippen MR) is 75.7 cm³/mol. The average molecular weight is 268 g/mol. The maximum Gasteiger partial charge on any atom is 0.227 e. The van der Waals surface area contributed by atoms with Gasteiger partial charge in [0, 0.05) is 25.7 Å². The number of rotatable bonds is 3. The zero-order valence-electron chi connectivity index (χ0n) is 12.4. The van der Waals surface area contributed by atoms with Crippen molar-refractivity contribution in [3.05, 3.63) is 0 Å². The van der Waals surface area contributed by atoms with Gasteiger partial charge in [0.2, 0.25) is 5.91 Å². The molecule has 1 saturated carbocycles. The highest BCUT2D eigenvalue weighted by Gasteiger charge is 2.40. The Labute approximate surface area is 116 Å². The zero-order valence-corrected chi connectivity index (χ0v) is 12.4. The van der Waals surface area contributed by atoms with Crippen molar-refractivity contribution < 1.29 is 9.53 Å². The molecule has 3 unspecified atom stereocenters. The third-order valence-corrected chi connectivity index (χ3v) is 4.79. The summed E-state index contributed by atoms with van der Waals surface area (Å²) in [6.07, 6.45) is 6.48. The van der Waals surface area contributed by atoms with E-state index < -0.39 is 0 Å². The van der Waals surface area contributed by atoms with E-state index >= 15 is 0 Å². The number of likely N-dealkylation sites (tertiary alicyclic amines) is 1. The average Bonchev–Trinajstić information content (AvgIpc) is 2.38. The van der Waals surface area contributed by atoms with E-state index in [4.69, 9.17) is 10.5 Å². The molecule has 1 aliphatic carbocycles. The highest BCUT2D eigenvalue weighted by Crippen LogP contribution is 2.33. The summed E-state index contributed by atoms with van der Waals surface area (Å²) in [6.45, 7) is 4.55. The number of hydrogen-bond donors (Lipinski definition) is 1. The quantitative estimate of drug-likeness (QED) is 0.849. The third-order valence-electron chi connectivity index (χ3n) is 4.79. The Morgan fingerprint density at radius 1 is 1.37 bits per heavy atom. The molecule has 1 heterocycles. The van der Waals surface area contributed by atoms with Crippen molar-refractivity contribution in [3.63, 3.8) is 0 Å². The standard InChI is InChI=1S/C15H28N2O2/c1-15(16)8-4-3-7-13(15)14(18)17-9-5-6-12(10-17)11-19-2/h12-13H,3-11,16H2,1-2H3. The summed E-state index contributed by atoms with van der Waals surface area (Å²) in [5, 5.41) is 0. The Morgan fingerprint density at radius 2 is 2.16 bits per heavy atom. The lowest BCUT2D eigenvalue weighted by molar-refractivity contribution is -0.141. The molecule has 0 bridgehead atoms. The van der Waals surface area contributed by atoms with Crippen LogP contribution >= 0.6 is 0 Å². The molecule has 0 radical (unpaired) electrons. The normalized spacial score (nSPS) is 36.3. The van der Waals surface area contributed by atoms with E-state index in [2.05, 4.69) is 0 Å². The highest BCUT2D eigenvalue weighted by atomic mass is 16.5. The number of methoxy groups -OCH3 is 1. The monoisotopic (exact) mass is 268 g/mol. The Morgan fingerprint density at radius 3 is 2.84 bits per heavy atom. The number of nitrogens with two attached hydrogens (primary N) is 1. The van der Waals surface area contributed by atoms with Crippen LogP contribution in [0.3, 0.4) is 0 Å². The summed E-state index contributed by atoms with van der Waals surface area (Å²) >= 11 is 0. The SMILES string of the molecule is COCC1CCCN(C(=O)C2CCCCC2(C)N)C1. The van der Waals surface area contributed by atoms with Gasteiger partial charge in [0.05, 0.1) is 12.5 Å². The number of hydrogen-bond acceptors (Lipinski definition) is 3. The van der Waals surface area contributed by atoms with Crippen molar-refractivity contribution in [2.24, 2.45) is 17.6 Å². The molecule has 3 atom stereocenters. The first-order chi connectivity index (χ1) is 9.04. The Kier molecular flexibility index (Phi) is 4.85. The lowest BCUT2D eigenvalue weighted by atomic mass is 9.73. The number of amides is 1. The van der Waals surface area contributed by atoms with Gasteiger partial charge in [0.1, 0.15) is 0 Å². The first-order valence-electron chi connectivity index (χ1n) is 7.61. The van der Waals surface area contributed by atoms with Crippen molar-refractivity contribution in [1.29, 1.82) is 0 Å². The Hall–Kier alpha value is -0.610. The molecule has 0 aromatic carbocycles.